The molecule has 60 valence electrons. The molecule has 0 aliphatic heterocycles. The molecule has 3 nitrogen and oxygen atoms in total. The van der Waals surface area contributed by atoms with E-state index in [1.807, 2.05) is 0 Å². The van der Waals surface area contributed by atoms with Gasteiger partial charge in [-0.1, -0.05) is 29.8 Å². The summed E-state index contributed by atoms with van der Waals surface area (Å²) >= 11 is 10.6. The molecule has 0 saturated heterocycles. The quantitative estimate of drug-likeness (QED) is 0.387. The van der Waals surface area contributed by atoms with Crippen LogP contribution in [0.5, 0.6) is 0 Å². The number of rotatable bonds is 3. The molecule has 1 atom stereocenters. The van der Waals surface area contributed by atoms with Crippen molar-refractivity contribution in [1.82, 2.24) is 0 Å². The van der Waals surface area contributed by atoms with Crippen molar-refractivity contribution in [2.24, 2.45) is 0 Å². The van der Waals surface area contributed by atoms with Gasteiger partial charge >= 0.3 is 5.97 Å². The van der Waals surface area contributed by atoms with Crippen LogP contribution in [0.4, 0.5) is 0 Å². The lowest BCUT2D eigenvalue weighted by molar-refractivity contribution is -0.140. The maximum absolute atomic E-state index is 10.5. The first-order chi connectivity index (χ1) is 5.11. The smallest absolute Gasteiger partial charge is 0.331 e. The largest absolute Gasteiger partial charge is 0.441 e. The lowest BCUT2D eigenvalue weighted by Crippen LogP contribution is -2.21. The van der Waals surface area contributed by atoms with Gasteiger partial charge in [0.1, 0.15) is 6.07 Å². The molecule has 5 heteroatoms. The summed E-state index contributed by atoms with van der Waals surface area (Å²) in [6, 6.07) is 1.61. The summed E-state index contributed by atoms with van der Waals surface area (Å²) < 4.78 is 4.43. The standard InChI is InChI=1S/C6H5Cl2NO2/c1-2-5(10)11-4(3-9)6(7)8/h2,4,6H,1H2. The Morgan fingerprint density at radius 1 is 1.73 bits per heavy atom. The van der Waals surface area contributed by atoms with Crippen LogP contribution in [0.25, 0.3) is 0 Å². The molecule has 0 fully saturated rings. The van der Waals surface area contributed by atoms with Crippen LogP contribution in [0.1, 0.15) is 0 Å². The van der Waals surface area contributed by atoms with Crippen molar-refractivity contribution in [1.29, 1.82) is 5.26 Å². The first-order valence-electron chi connectivity index (χ1n) is 2.62. The molecule has 11 heavy (non-hydrogen) atoms. The van der Waals surface area contributed by atoms with E-state index in [2.05, 4.69) is 11.3 Å². The summed E-state index contributed by atoms with van der Waals surface area (Å²) in [5.74, 6) is -0.720. The zero-order valence-corrected chi connectivity index (χ0v) is 6.97. The number of hydrogen-bond acceptors (Lipinski definition) is 3. The minimum atomic E-state index is -1.14. The fraction of sp³-hybridized carbons (Fsp3) is 0.333. The lowest BCUT2D eigenvalue weighted by atomic mass is 10.4. The van der Waals surface area contributed by atoms with Gasteiger partial charge in [0.25, 0.3) is 0 Å². The fourth-order valence-corrected chi connectivity index (χ4v) is 0.523. The topological polar surface area (TPSA) is 50.1 Å². The van der Waals surface area contributed by atoms with Crippen molar-refractivity contribution in [3.05, 3.63) is 12.7 Å². The predicted octanol–water partition coefficient (Wildman–Crippen LogP) is 1.41. The van der Waals surface area contributed by atoms with E-state index in [1.165, 1.54) is 0 Å². The third-order valence-corrected chi connectivity index (χ3v) is 1.22. The molecule has 0 aromatic heterocycles. The number of nitriles is 1. The van der Waals surface area contributed by atoms with Gasteiger partial charge in [0, 0.05) is 6.08 Å². The van der Waals surface area contributed by atoms with Crippen LogP contribution < -0.4 is 0 Å². The van der Waals surface area contributed by atoms with E-state index in [0.717, 1.165) is 6.08 Å². The Balaban J connectivity index is 4.01. The van der Waals surface area contributed by atoms with Gasteiger partial charge in [0.2, 0.25) is 6.10 Å². The summed E-state index contributed by atoms with van der Waals surface area (Å²) in [5, 5.41) is 8.31. The highest BCUT2D eigenvalue weighted by Gasteiger charge is 2.19. The van der Waals surface area contributed by atoms with Gasteiger partial charge in [-0.15, -0.1) is 0 Å². The van der Waals surface area contributed by atoms with E-state index in [9.17, 15) is 4.79 Å². The van der Waals surface area contributed by atoms with Crippen LogP contribution in [0, 0.1) is 11.3 Å². The molecule has 0 bridgehead atoms. The van der Waals surface area contributed by atoms with Crippen LogP contribution in [0.3, 0.4) is 0 Å². The van der Waals surface area contributed by atoms with Crippen molar-refractivity contribution in [2.45, 2.75) is 10.9 Å². The number of carbonyl (C=O) groups excluding carboxylic acids is 1. The van der Waals surface area contributed by atoms with Crippen LogP contribution in [-0.2, 0) is 9.53 Å². The maximum atomic E-state index is 10.5. The molecule has 0 radical (unpaired) electrons. The van der Waals surface area contributed by atoms with E-state index in [-0.39, 0.29) is 0 Å². The predicted molar refractivity (Wildman–Crippen MR) is 41.2 cm³/mol. The van der Waals surface area contributed by atoms with Crippen LogP contribution in [-0.4, -0.2) is 16.9 Å². The minimum Gasteiger partial charge on any atom is -0.441 e. The molecule has 0 aliphatic carbocycles. The van der Waals surface area contributed by atoms with E-state index in [0.29, 0.717) is 0 Å². The minimum absolute atomic E-state index is 0.720. The Hall–Kier alpha value is -0.720. The van der Waals surface area contributed by atoms with Gasteiger partial charge in [0.05, 0.1) is 0 Å². The number of nitrogens with zero attached hydrogens (tertiary/aromatic N) is 1. The molecule has 0 spiro atoms. The molecular weight excluding hydrogens is 189 g/mol. The molecule has 0 rings (SSSR count). The van der Waals surface area contributed by atoms with Crippen molar-refractivity contribution in [3.63, 3.8) is 0 Å². The Bertz CT molecular complexity index is 197. The van der Waals surface area contributed by atoms with Gasteiger partial charge in [-0.3, -0.25) is 0 Å². The molecule has 0 amide bonds. The maximum Gasteiger partial charge on any atom is 0.331 e. The Morgan fingerprint density at radius 2 is 2.27 bits per heavy atom. The summed E-state index contributed by atoms with van der Waals surface area (Å²) in [7, 11) is 0. The Labute approximate surface area is 74.1 Å². The second-order valence-electron chi connectivity index (χ2n) is 1.53. The second kappa shape index (κ2) is 5.00. The molecule has 0 saturated carbocycles. The summed E-state index contributed by atoms with van der Waals surface area (Å²) in [4.78, 5) is 9.44. The number of alkyl halides is 2. The number of ether oxygens (including phenoxy) is 1. The van der Waals surface area contributed by atoms with E-state index in [4.69, 9.17) is 28.5 Å². The van der Waals surface area contributed by atoms with Crippen molar-refractivity contribution in [2.75, 3.05) is 0 Å². The fourth-order valence-electron chi connectivity index (χ4n) is 0.307. The van der Waals surface area contributed by atoms with Gasteiger partial charge in [-0.25, -0.2) is 4.79 Å². The molecule has 0 aromatic carbocycles. The number of halogens is 2. The van der Waals surface area contributed by atoms with Crippen molar-refractivity contribution < 1.29 is 9.53 Å². The molecule has 0 aliphatic rings. The highest BCUT2D eigenvalue weighted by Crippen LogP contribution is 2.10. The Kier molecular flexibility index (Phi) is 4.67. The molecule has 0 aromatic rings. The van der Waals surface area contributed by atoms with Crippen LogP contribution >= 0.6 is 23.2 Å². The van der Waals surface area contributed by atoms with Crippen LogP contribution in [0.15, 0.2) is 12.7 Å². The first kappa shape index (κ1) is 10.3. The van der Waals surface area contributed by atoms with Gasteiger partial charge in [-0.05, 0) is 0 Å². The highest BCUT2D eigenvalue weighted by molar-refractivity contribution is 6.44. The first-order valence-corrected chi connectivity index (χ1v) is 3.50. The SMILES string of the molecule is C=CC(=O)OC(C#N)C(Cl)Cl. The average Bonchev–Trinajstić information content (AvgIpc) is 1.99. The third kappa shape index (κ3) is 3.87. The summed E-state index contributed by atoms with van der Waals surface area (Å²) in [5.41, 5.74) is 0. The molecule has 0 N–H and O–H groups in total. The highest BCUT2D eigenvalue weighted by atomic mass is 35.5. The zero-order valence-electron chi connectivity index (χ0n) is 5.46. The van der Waals surface area contributed by atoms with E-state index in [1.54, 1.807) is 6.07 Å². The zero-order chi connectivity index (χ0) is 8.85. The monoisotopic (exact) mass is 193 g/mol. The number of hydrogen-bond donors (Lipinski definition) is 0. The van der Waals surface area contributed by atoms with Crippen LogP contribution in [0.2, 0.25) is 0 Å². The lowest BCUT2D eigenvalue weighted by Gasteiger charge is -2.08. The van der Waals surface area contributed by atoms with Crippen molar-refractivity contribution >= 4 is 29.2 Å². The summed E-state index contributed by atoms with van der Waals surface area (Å²) in [6.07, 6.45) is -0.204. The van der Waals surface area contributed by atoms with E-state index < -0.39 is 16.9 Å². The van der Waals surface area contributed by atoms with E-state index >= 15 is 0 Å². The average molecular weight is 194 g/mol. The third-order valence-electron chi connectivity index (χ3n) is 0.766. The molecule has 1 unspecified atom stereocenters. The second-order valence-corrected chi connectivity index (χ2v) is 2.69. The van der Waals surface area contributed by atoms with Gasteiger partial charge in [0.15, 0.2) is 4.84 Å². The molecule has 0 heterocycles. The number of esters is 1. The summed E-state index contributed by atoms with van der Waals surface area (Å²) in [6.45, 7) is 3.14. The Morgan fingerprint density at radius 3 is 2.55 bits per heavy atom. The normalized spacial score (nSPS) is 11.8. The number of carbonyl (C=O) groups is 1. The van der Waals surface area contributed by atoms with Gasteiger partial charge in [-0.2, -0.15) is 5.26 Å². The molecular formula is C6H5Cl2NO2. The van der Waals surface area contributed by atoms with Gasteiger partial charge < -0.3 is 4.74 Å². The van der Waals surface area contributed by atoms with Crippen molar-refractivity contribution in [3.8, 4) is 6.07 Å².